The Morgan fingerprint density at radius 1 is 1.11 bits per heavy atom. The predicted molar refractivity (Wildman–Crippen MR) is 116 cm³/mol. The number of hydrogen-bond donors (Lipinski definition) is 2. The third-order valence-corrected chi connectivity index (χ3v) is 4.68. The Bertz CT molecular complexity index is 911. The minimum absolute atomic E-state index is 0. The summed E-state index contributed by atoms with van der Waals surface area (Å²) < 4.78 is 42.2. The van der Waals surface area contributed by atoms with Crippen molar-refractivity contribution in [1.29, 1.82) is 0 Å². The molecule has 27 heavy (non-hydrogen) atoms. The van der Waals surface area contributed by atoms with Gasteiger partial charge in [-0.1, -0.05) is 6.07 Å². The molecule has 2 N–H and O–H groups in total. The van der Waals surface area contributed by atoms with Crippen LogP contribution in [0.3, 0.4) is 0 Å². The first-order valence-corrected chi connectivity index (χ1v) is 10.2. The van der Waals surface area contributed by atoms with Crippen LogP contribution in [0.4, 0.5) is 4.39 Å². The Hall–Kier alpha value is -1.62. The van der Waals surface area contributed by atoms with Crippen molar-refractivity contribution < 1.29 is 17.2 Å². The summed E-state index contributed by atoms with van der Waals surface area (Å²) in [5.41, 5.74) is 2.17. The second kappa shape index (κ2) is 10.1. The summed E-state index contributed by atoms with van der Waals surface area (Å²) in [6.45, 7) is 4.56. The summed E-state index contributed by atoms with van der Waals surface area (Å²) in [6, 6.07) is 6.05. The van der Waals surface area contributed by atoms with Crippen LogP contribution in [0.1, 0.15) is 28.2 Å². The van der Waals surface area contributed by atoms with Gasteiger partial charge in [-0.15, -0.1) is 24.0 Å². The maximum Gasteiger partial charge on any atom is 0.191 e. The number of nitrogens with one attached hydrogen (secondary N) is 2. The average Bonchev–Trinajstić information content (AvgIpc) is 2.86. The second-order valence-electron chi connectivity index (χ2n) is 6.20. The molecule has 1 aromatic heterocycles. The molecule has 1 aromatic carbocycles. The van der Waals surface area contributed by atoms with Gasteiger partial charge in [0.2, 0.25) is 0 Å². The van der Waals surface area contributed by atoms with Crippen molar-refractivity contribution in [2.45, 2.75) is 32.7 Å². The number of guanidine groups is 1. The molecule has 6 nitrogen and oxygen atoms in total. The summed E-state index contributed by atoms with van der Waals surface area (Å²) in [5.74, 6) is 1.66. The van der Waals surface area contributed by atoms with Crippen LogP contribution in [0.25, 0.3) is 0 Å². The quantitative estimate of drug-likeness (QED) is 0.356. The van der Waals surface area contributed by atoms with Crippen molar-refractivity contribution in [2.24, 2.45) is 4.99 Å². The minimum atomic E-state index is -3.21. The number of sulfone groups is 1. The molecule has 150 valence electrons. The van der Waals surface area contributed by atoms with Crippen LogP contribution in [0.5, 0.6) is 0 Å². The molecule has 0 amide bonds. The lowest BCUT2D eigenvalue weighted by Gasteiger charge is -2.14. The Morgan fingerprint density at radius 2 is 1.74 bits per heavy atom. The molecule has 0 atom stereocenters. The number of hydrogen-bond acceptors (Lipinski definition) is 4. The van der Waals surface area contributed by atoms with E-state index in [1.54, 1.807) is 7.05 Å². The Kier molecular flexibility index (Phi) is 8.73. The van der Waals surface area contributed by atoms with E-state index < -0.39 is 15.7 Å². The van der Waals surface area contributed by atoms with Crippen molar-refractivity contribution in [3.05, 3.63) is 58.3 Å². The molecular formula is C18H25FIN3O3S. The maximum atomic E-state index is 13.6. The molecule has 0 fully saturated rings. The zero-order chi connectivity index (χ0) is 19.3. The number of aryl methyl sites for hydroxylation is 2. The van der Waals surface area contributed by atoms with Gasteiger partial charge in [0, 0.05) is 32.0 Å². The zero-order valence-corrected chi connectivity index (χ0v) is 18.9. The molecule has 2 rings (SSSR count). The van der Waals surface area contributed by atoms with Gasteiger partial charge in [0.15, 0.2) is 15.8 Å². The lowest BCUT2D eigenvalue weighted by atomic mass is 10.1. The van der Waals surface area contributed by atoms with Gasteiger partial charge < -0.3 is 15.1 Å². The molecule has 0 aliphatic carbocycles. The van der Waals surface area contributed by atoms with Gasteiger partial charge in [0.25, 0.3) is 0 Å². The highest BCUT2D eigenvalue weighted by Crippen LogP contribution is 2.15. The van der Waals surface area contributed by atoms with Crippen molar-refractivity contribution in [2.75, 3.05) is 13.3 Å². The Labute approximate surface area is 176 Å². The van der Waals surface area contributed by atoms with Crippen molar-refractivity contribution in [3.63, 3.8) is 0 Å². The highest BCUT2D eigenvalue weighted by molar-refractivity contribution is 14.0. The largest absolute Gasteiger partial charge is 0.466 e. The topological polar surface area (TPSA) is 83.7 Å². The van der Waals surface area contributed by atoms with E-state index in [1.807, 2.05) is 19.9 Å². The summed E-state index contributed by atoms with van der Waals surface area (Å²) in [7, 11) is -1.58. The fraction of sp³-hybridized carbons (Fsp3) is 0.389. The normalized spacial score (nSPS) is 11.8. The highest BCUT2D eigenvalue weighted by atomic mass is 127. The van der Waals surface area contributed by atoms with E-state index in [0.29, 0.717) is 23.6 Å². The average molecular weight is 509 g/mol. The van der Waals surface area contributed by atoms with Crippen molar-refractivity contribution in [1.82, 2.24) is 10.6 Å². The monoisotopic (exact) mass is 509 g/mol. The van der Waals surface area contributed by atoms with Gasteiger partial charge in [0.1, 0.15) is 17.3 Å². The molecule has 0 unspecified atom stereocenters. The van der Waals surface area contributed by atoms with Crippen LogP contribution in [0, 0.1) is 19.7 Å². The minimum Gasteiger partial charge on any atom is -0.466 e. The van der Waals surface area contributed by atoms with Crippen LogP contribution < -0.4 is 10.6 Å². The lowest BCUT2D eigenvalue weighted by molar-refractivity contribution is 0.500. The van der Waals surface area contributed by atoms with Crippen LogP contribution in [-0.4, -0.2) is 27.7 Å². The smallest absolute Gasteiger partial charge is 0.191 e. The number of nitrogens with zero attached hydrogens (tertiary/aromatic N) is 1. The molecule has 0 saturated carbocycles. The Morgan fingerprint density at radius 3 is 2.26 bits per heavy atom. The molecule has 1 heterocycles. The molecule has 0 radical (unpaired) electrons. The van der Waals surface area contributed by atoms with E-state index in [4.69, 9.17) is 4.42 Å². The van der Waals surface area contributed by atoms with Gasteiger partial charge >= 0.3 is 0 Å². The predicted octanol–water partition coefficient (Wildman–Crippen LogP) is 3.06. The first-order chi connectivity index (χ1) is 12.2. The summed E-state index contributed by atoms with van der Waals surface area (Å²) in [4.78, 5) is 4.13. The van der Waals surface area contributed by atoms with Crippen molar-refractivity contribution in [3.8, 4) is 0 Å². The fourth-order valence-electron chi connectivity index (χ4n) is 2.62. The van der Waals surface area contributed by atoms with E-state index in [1.165, 1.54) is 18.2 Å². The van der Waals surface area contributed by atoms with Crippen LogP contribution >= 0.6 is 24.0 Å². The van der Waals surface area contributed by atoms with E-state index >= 15 is 0 Å². The molecule has 0 aliphatic rings. The molecule has 0 aliphatic heterocycles. The lowest BCUT2D eigenvalue weighted by Crippen LogP contribution is -2.36. The number of halogens is 2. The van der Waals surface area contributed by atoms with E-state index in [9.17, 15) is 12.8 Å². The molecule has 2 aromatic rings. The van der Waals surface area contributed by atoms with Gasteiger partial charge in [-0.05, 0) is 43.2 Å². The van der Waals surface area contributed by atoms with E-state index in [2.05, 4.69) is 15.6 Å². The SMILES string of the molecule is CN=C(NCc1cc(F)ccc1CS(C)(=O)=O)NCc1cc(C)oc1C.I. The first-order valence-electron chi connectivity index (χ1n) is 8.13. The van der Waals surface area contributed by atoms with Gasteiger partial charge in [0.05, 0.1) is 5.75 Å². The summed E-state index contributed by atoms with van der Waals surface area (Å²) >= 11 is 0. The number of rotatable bonds is 6. The number of furan rings is 1. The first kappa shape index (κ1) is 23.4. The van der Waals surface area contributed by atoms with Crippen LogP contribution in [-0.2, 0) is 28.7 Å². The highest BCUT2D eigenvalue weighted by Gasteiger charge is 2.11. The van der Waals surface area contributed by atoms with Gasteiger partial charge in [-0.25, -0.2) is 12.8 Å². The number of aliphatic imine (C=N–C) groups is 1. The molecule has 9 heteroatoms. The van der Waals surface area contributed by atoms with Gasteiger partial charge in [-0.2, -0.15) is 0 Å². The number of benzene rings is 1. The third-order valence-electron chi connectivity index (χ3n) is 3.85. The standard InChI is InChI=1S/C18H24FN3O3S.HI/c1-12-7-15(13(2)25-12)9-21-18(20-3)22-10-16-8-17(19)6-5-14(16)11-26(4,23)24;/h5-8H,9-11H2,1-4H3,(H2,20,21,22);1H. The molecule has 0 saturated heterocycles. The summed E-state index contributed by atoms with van der Waals surface area (Å²) in [6.07, 6.45) is 1.16. The Balaban J connectivity index is 0.00000364. The molecule has 0 spiro atoms. The van der Waals surface area contributed by atoms with Crippen LogP contribution in [0.2, 0.25) is 0 Å². The van der Waals surface area contributed by atoms with Crippen LogP contribution in [0.15, 0.2) is 33.7 Å². The maximum absolute atomic E-state index is 13.6. The van der Waals surface area contributed by atoms with Gasteiger partial charge in [-0.3, -0.25) is 4.99 Å². The van der Waals surface area contributed by atoms with E-state index in [0.717, 1.165) is 23.3 Å². The van der Waals surface area contributed by atoms with E-state index in [-0.39, 0.29) is 36.3 Å². The van der Waals surface area contributed by atoms with Crippen molar-refractivity contribution >= 4 is 39.8 Å². The zero-order valence-electron chi connectivity index (χ0n) is 15.8. The third kappa shape index (κ3) is 7.49. The molecule has 0 bridgehead atoms. The second-order valence-corrected chi connectivity index (χ2v) is 8.34. The molecular weight excluding hydrogens is 484 g/mol. The fourth-order valence-corrected chi connectivity index (χ4v) is 3.47. The summed E-state index contributed by atoms with van der Waals surface area (Å²) in [5, 5.41) is 6.24.